The third-order valence-corrected chi connectivity index (χ3v) is 2.77. The SMILES string of the molecule is CC(C)(CC/C=C/c1ccc(F)c(F)c1)C(=O)O. The van der Waals surface area contributed by atoms with Crippen LogP contribution in [0.5, 0.6) is 0 Å². The summed E-state index contributed by atoms with van der Waals surface area (Å²) in [6.45, 7) is 3.31. The Morgan fingerprint density at radius 2 is 2.00 bits per heavy atom. The van der Waals surface area contributed by atoms with Gasteiger partial charge in [0.05, 0.1) is 5.41 Å². The minimum atomic E-state index is -0.886. The summed E-state index contributed by atoms with van der Waals surface area (Å²) in [4.78, 5) is 10.9. The van der Waals surface area contributed by atoms with Crippen molar-refractivity contribution in [3.63, 3.8) is 0 Å². The van der Waals surface area contributed by atoms with Crippen molar-refractivity contribution in [3.05, 3.63) is 41.5 Å². The van der Waals surface area contributed by atoms with Gasteiger partial charge in [0.2, 0.25) is 0 Å². The normalized spacial score (nSPS) is 12.0. The van der Waals surface area contributed by atoms with E-state index in [9.17, 15) is 13.6 Å². The quantitative estimate of drug-likeness (QED) is 0.866. The average molecular weight is 254 g/mol. The van der Waals surface area contributed by atoms with E-state index in [1.165, 1.54) is 6.07 Å². The van der Waals surface area contributed by atoms with Gasteiger partial charge >= 0.3 is 5.97 Å². The monoisotopic (exact) mass is 254 g/mol. The number of rotatable bonds is 5. The molecule has 1 N–H and O–H groups in total. The van der Waals surface area contributed by atoms with Crippen LogP contribution in [0.1, 0.15) is 32.3 Å². The molecule has 0 amide bonds. The van der Waals surface area contributed by atoms with Crippen molar-refractivity contribution in [2.45, 2.75) is 26.7 Å². The largest absolute Gasteiger partial charge is 0.481 e. The zero-order valence-corrected chi connectivity index (χ0v) is 10.4. The van der Waals surface area contributed by atoms with Gasteiger partial charge in [0.25, 0.3) is 0 Å². The van der Waals surface area contributed by atoms with Crippen molar-refractivity contribution >= 4 is 12.0 Å². The number of carboxylic acids is 1. The van der Waals surface area contributed by atoms with Gasteiger partial charge in [-0.1, -0.05) is 18.2 Å². The molecule has 0 spiro atoms. The van der Waals surface area contributed by atoms with Crippen LogP contribution < -0.4 is 0 Å². The molecule has 0 atom stereocenters. The van der Waals surface area contributed by atoms with Crippen molar-refractivity contribution in [2.24, 2.45) is 5.41 Å². The summed E-state index contributed by atoms with van der Waals surface area (Å²) < 4.78 is 25.6. The van der Waals surface area contributed by atoms with Crippen LogP contribution >= 0.6 is 0 Å². The topological polar surface area (TPSA) is 37.3 Å². The summed E-state index contributed by atoms with van der Waals surface area (Å²) in [5, 5.41) is 8.91. The summed E-state index contributed by atoms with van der Waals surface area (Å²) in [6, 6.07) is 3.64. The minimum Gasteiger partial charge on any atom is -0.481 e. The lowest BCUT2D eigenvalue weighted by Crippen LogP contribution is -2.22. The molecule has 0 fully saturated rings. The number of hydrogen-bond donors (Lipinski definition) is 1. The summed E-state index contributed by atoms with van der Waals surface area (Å²) in [7, 11) is 0. The Labute approximate surface area is 105 Å². The van der Waals surface area contributed by atoms with Crippen molar-refractivity contribution in [1.29, 1.82) is 0 Å². The fourth-order valence-corrected chi connectivity index (χ4v) is 1.39. The van der Waals surface area contributed by atoms with Crippen LogP contribution in [-0.2, 0) is 4.79 Å². The fraction of sp³-hybridized carbons (Fsp3) is 0.357. The van der Waals surface area contributed by atoms with Gasteiger partial charge in [-0.2, -0.15) is 0 Å². The third kappa shape index (κ3) is 3.95. The summed E-state index contributed by atoms with van der Waals surface area (Å²) in [5.74, 6) is -2.61. The van der Waals surface area contributed by atoms with E-state index >= 15 is 0 Å². The van der Waals surface area contributed by atoms with E-state index in [1.54, 1.807) is 26.0 Å². The Balaban J connectivity index is 2.56. The van der Waals surface area contributed by atoms with Gasteiger partial charge in [-0.3, -0.25) is 4.79 Å². The molecule has 1 aromatic rings. The highest BCUT2D eigenvalue weighted by Crippen LogP contribution is 2.23. The van der Waals surface area contributed by atoms with Gasteiger partial charge in [0.1, 0.15) is 0 Å². The first-order chi connectivity index (χ1) is 8.33. The maximum absolute atomic E-state index is 12.9. The molecule has 4 heteroatoms. The minimum absolute atomic E-state index is 0.489. The van der Waals surface area contributed by atoms with Crippen molar-refractivity contribution in [1.82, 2.24) is 0 Å². The smallest absolute Gasteiger partial charge is 0.309 e. The van der Waals surface area contributed by atoms with Crippen molar-refractivity contribution in [2.75, 3.05) is 0 Å². The van der Waals surface area contributed by atoms with Gasteiger partial charge < -0.3 is 5.11 Å². The lowest BCUT2D eigenvalue weighted by atomic mass is 9.88. The molecule has 0 aliphatic carbocycles. The maximum Gasteiger partial charge on any atom is 0.309 e. The number of benzene rings is 1. The molecule has 0 bridgehead atoms. The molecule has 0 unspecified atom stereocenters. The van der Waals surface area contributed by atoms with E-state index in [-0.39, 0.29) is 0 Å². The number of allylic oxidation sites excluding steroid dienone is 1. The standard InChI is InChI=1S/C14H16F2O2/c1-14(2,13(17)18)8-4-3-5-10-6-7-11(15)12(16)9-10/h3,5-7,9H,4,8H2,1-2H3,(H,17,18)/b5-3+. The molecule has 0 heterocycles. The lowest BCUT2D eigenvalue weighted by Gasteiger charge is -2.17. The molecular formula is C14H16F2O2. The second-order valence-corrected chi connectivity index (χ2v) is 4.80. The van der Waals surface area contributed by atoms with Gasteiger partial charge in [0, 0.05) is 0 Å². The Bertz CT molecular complexity index is 465. The number of carboxylic acid groups (broad SMARTS) is 1. The predicted octanol–water partition coefficient (Wildman–Crippen LogP) is 3.87. The average Bonchev–Trinajstić information content (AvgIpc) is 2.29. The van der Waals surface area contributed by atoms with Crippen LogP contribution in [0, 0.1) is 17.0 Å². The summed E-state index contributed by atoms with van der Waals surface area (Å²) in [6.07, 6.45) is 4.47. The van der Waals surface area contributed by atoms with Crippen LogP contribution in [0.25, 0.3) is 6.08 Å². The first-order valence-electron chi connectivity index (χ1n) is 5.68. The first-order valence-corrected chi connectivity index (χ1v) is 5.68. The predicted molar refractivity (Wildman–Crippen MR) is 66.0 cm³/mol. The van der Waals surface area contributed by atoms with Gasteiger partial charge in [-0.05, 0) is 44.4 Å². The Kier molecular flexibility index (Phi) is 4.59. The molecule has 0 aromatic heterocycles. The zero-order chi connectivity index (χ0) is 13.8. The highest BCUT2D eigenvalue weighted by molar-refractivity contribution is 5.73. The molecule has 0 aliphatic rings. The van der Waals surface area contributed by atoms with E-state index < -0.39 is 23.0 Å². The highest BCUT2D eigenvalue weighted by Gasteiger charge is 2.25. The maximum atomic E-state index is 12.9. The number of carbonyl (C=O) groups is 1. The van der Waals surface area contributed by atoms with Crippen LogP contribution in [0.4, 0.5) is 8.78 Å². The van der Waals surface area contributed by atoms with Crippen LogP contribution in [0.2, 0.25) is 0 Å². The molecule has 18 heavy (non-hydrogen) atoms. The highest BCUT2D eigenvalue weighted by atomic mass is 19.2. The van der Waals surface area contributed by atoms with E-state index in [4.69, 9.17) is 5.11 Å². The Morgan fingerprint density at radius 3 is 2.56 bits per heavy atom. The molecule has 0 aliphatic heterocycles. The third-order valence-electron chi connectivity index (χ3n) is 2.77. The molecule has 0 saturated heterocycles. The number of hydrogen-bond acceptors (Lipinski definition) is 1. The molecule has 0 saturated carbocycles. The molecule has 1 rings (SSSR count). The number of aliphatic carboxylic acids is 1. The van der Waals surface area contributed by atoms with Crippen molar-refractivity contribution in [3.8, 4) is 0 Å². The number of halogens is 2. The van der Waals surface area contributed by atoms with Crippen molar-refractivity contribution < 1.29 is 18.7 Å². The zero-order valence-electron chi connectivity index (χ0n) is 10.4. The molecule has 0 radical (unpaired) electrons. The van der Waals surface area contributed by atoms with Gasteiger partial charge in [-0.25, -0.2) is 8.78 Å². The second-order valence-electron chi connectivity index (χ2n) is 4.80. The van der Waals surface area contributed by atoms with Crippen LogP contribution in [0.15, 0.2) is 24.3 Å². The Morgan fingerprint density at radius 1 is 1.33 bits per heavy atom. The lowest BCUT2D eigenvalue weighted by molar-refractivity contribution is -0.147. The summed E-state index contributed by atoms with van der Waals surface area (Å²) in [5.41, 5.74) is -0.222. The van der Waals surface area contributed by atoms with Gasteiger partial charge in [-0.15, -0.1) is 0 Å². The van der Waals surface area contributed by atoms with Gasteiger partial charge in [0.15, 0.2) is 11.6 Å². The van der Waals surface area contributed by atoms with E-state index in [0.29, 0.717) is 18.4 Å². The molecular weight excluding hydrogens is 238 g/mol. The molecule has 98 valence electrons. The Hall–Kier alpha value is -1.71. The van der Waals surface area contributed by atoms with Crippen LogP contribution in [0.3, 0.4) is 0 Å². The van der Waals surface area contributed by atoms with E-state index in [1.807, 2.05) is 0 Å². The fourth-order valence-electron chi connectivity index (χ4n) is 1.39. The first kappa shape index (κ1) is 14.4. The summed E-state index contributed by atoms with van der Waals surface area (Å²) >= 11 is 0. The van der Waals surface area contributed by atoms with E-state index in [0.717, 1.165) is 12.1 Å². The molecule has 1 aromatic carbocycles. The van der Waals surface area contributed by atoms with E-state index in [2.05, 4.69) is 0 Å². The van der Waals surface area contributed by atoms with Crippen LogP contribution in [-0.4, -0.2) is 11.1 Å². The molecule has 2 nitrogen and oxygen atoms in total. The second kappa shape index (κ2) is 5.76.